The van der Waals surface area contributed by atoms with Gasteiger partial charge in [0.1, 0.15) is 5.82 Å². The predicted molar refractivity (Wildman–Crippen MR) is 69.7 cm³/mol. The Kier molecular flexibility index (Phi) is 4.04. The molecule has 1 aliphatic rings. The molecule has 1 amide bonds. The molecule has 1 fully saturated rings. The summed E-state index contributed by atoms with van der Waals surface area (Å²) in [4.78, 5) is 19.1. The number of amides is 1. The van der Waals surface area contributed by atoms with Crippen LogP contribution in [0.3, 0.4) is 0 Å². The number of aromatic nitrogens is 1. The lowest BCUT2D eigenvalue weighted by Gasteiger charge is -2.23. The van der Waals surface area contributed by atoms with Crippen LogP contribution in [0, 0.1) is 0 Å². The van der Waals surface area contributed by atoms with E-state index in [0.717, 1.165) is 0 Å². The van der Waals surface area contributed by atoms with Crippen LogP contribution in [0.25, 0.3) is 0 Å². The van der Waals surface area contributed by atoms with Gasteiger partial charge in [0.15, 0.2) is 0 Å². The first-order chi connectivity index (χ1) is 8.58. The molecule has 1 saturated heterocycles. The van der Waals surface area contributed by atoms with E-state index < -0.39 is 6.10 Å². The fourth-order valence-corrected chi connectivity index (χ4v) is 2.32. The van der Waals surface area contributed by atoms with E-state index in [4.69, 9.17) is 11.6 Å². The molecule has 18 heavy (non-hydrogen) atoms. The molecule has 98 valence electrons. The van der Waals surface area contributed by atoms with Gasteiger partial charge in [-0.1, -0.05) is 11.6 Å². The minimum Gasteiger partial charge on any atom is -0.389 e. The third-order valence-corrected chi connectivity index (χ3v) is 3.28. The number of carbonyl (C=O) groups excluding carboxylic acids is 1. The number of hydrogen-bond donors (Lipinski definition) is 1. The molecule has 1 aliphatic heterocycles. The van der Waals surface area contributed by atoms with Gasteiger partial charge in [0.05, 0.1) is 11.1 Å². The van der Waals surface area contributed by atoms with E-state index in [0.29, 0.717) is 37.0 Å². The fraction of sp³-hybridized carbons (Fsp3) is 0.500. The summed E-state index contributed by atoms with van der Waals surface area (Å²) in [6.45, 7) is 3.49. The van der Waals surface area contributed by atoms with Crippen molar-refractivity contribution in [2.75, 3.05) is 31.1 Å². The van der Waals surface area contributed by atoms with Crippen molar-refractivity contribution >= 4 is 23.3 Å². The van der Waals surface area contributed by atoms with E-state index in [1.807, 2.05) is 4.90 Å². The summed E-state index contributed by atoms with van der Waals surface area (Å²) in [6.07, 6.45) is 1.08. The van der Waals surface area contributed by atoms with E-state index in [1.165, 1.54) is 6.92 Å². The Labute approximate surface area is 111 Å². The first-order valence-electron chi connectivity index (χ1n) is 5.87. The average molecular weight is 270 g/mol. The quantitative estimate of drug-likeness (QED) is 0.818. The molecule has 5 nitrogen and oxygen atoms in total. The number of aliphatic hydroxyl groups excluding tert-OH is 1. The minimum absolute atomic E-state index is 0.0250. The van der Waals surface area contributed by atoms with Crippen LogP contribution in [-0.2, 0) is 4.79 Å². The lowest BCUT2D eigenvalue weighted by molar-refractivity contribution is -0.129. The number of halogens is 1. The second kappa shape index (κ2) is 5.54. The molecule has 0 spiro atoms. The molecule has 0 aliphatic carbocycles. The zero-order valence-electron chi connectivity index (χ0n) is 10.2. The Morgan fingerprint density at radius 1 is 1.50 bits per heavy atom. The van der Waals surface area contributed by atoms with Crippen molar-refractivity contribution in [3.63, 3.8) is 0 Å². The summed E-state index contributed by atoms with van der Waals surface area (Å²) in [5.74, 6) is 0.631. The average Bonchev–Trinajstić information content (AvgIpc) is 2.51. The number of nitrogens with zero attached hydrogens (tertiary/aromatic N) is 3. The molecule has 2 heterocycles. The maximum Gasteiger partial charge on any atom is 0.219 e. The van der Waals surface area contributed by atoms with Crippen molar-refractivity contribution in [1.29, 1.82) is 0 Å². The van der Waals surface area contributed by atoms with E-state index in [-0.39, 0.29) is 5.91 Å². The van der Waals surface area contributed by atoms with Gasteiger partial charge >= 0.3 is 0 Å². The number of anilines is 1. The molecule has 0 saturated carbocycles. The molecule has 0 radical (unpaired) electrons. The summed E-state index contributed by atoms with van der Waals surface area (Å²) >= 11 is 6.09. The molecule has 0 bridgehead atoms. The molecular formula is C12H16ClN3O2. The Bertz CT molecular complexity index is 441. The maximum atomic E-state index is 11.4. The van der Waals surface area contributed by atoms with Crippen molar-refractivity contribution in [2.45, 2.75) is 13.0 Å². The van der Waals surface area contributed by atoms with Crippen molar-refractivity contribution < 1.29 is 9.90 Å². The van der Waals surface area contributed by atoms with Crippen molar-refractivity contribution in [3.8, 4) is 0 Å². The number of aliphatic hydroxyl groups is 1. The van der Waals surface area contributed by atoms with E-state index in [9.17, 15) is 9.90 Å². The highest BCUT2D eigenvalue weighted by Crippen LogP contribution is 2.23. The van der Waals surface area contributed by atoms with E-state index in [2.05, 4.69) is 4.98 Å². The summed E-state index contributed by atoms with van der Waals surface area (Å²) < 4.78 is 0. The zero-order chi connectivity index (χ0) is 13.1. The number of β-amino-alcohol motifs (C(OH)–C–C–N with tert-alkyl or cyclic N) is 1. The molecular weight excluding hydrogens is 254 g/mol. The molecule has 1 aromatic rings. The summed E-state index contributed by atoms with van der Waals surface area (Å²) in [5.41, 5.74) is 0. The van der Waals surface area contributed by atoms with E-state index >= 15 is 0 Å². The molecule has 2 rings (SSSR count). The SMILES string of the molecule is CC(=O)N1CCN(c2ncccc2Cl)CC(O)C1. The van der Waals surface area contributed by atoms with Gasteiger partial charge in [0.2, 0.25) is 5.91 Å². The molecule has 1 aromatic heterocycles. The van der Waals surface area contributed by atoms with Crippen LogP contribution in [0.5, 0.6) is 0 Å². The highest BCUT2D eigenvalue weighted by atomic mass is 35.5. The Balaban J connectivity index is 2.16. The van der Waals surface area contributed by atoms with Gasteiger partial charge in [0.25, 0.3) is 0 Å². The second-order valence-corrected chi connectivity index (χ2v) is 4.78. The summed E-state index contributed by atoms with van der Waals surface area (Å²) in [5, 5.41) is 10.5. The Morgan fingerprint density at radius 2 is 2.28 bits per heavy atom. The third-order valence-electron chi connectivity index (χ3n) is 2.99. The molecule has 0 aromatic carbocycles. The van der Waals surface area contributed by atoms with Gasteiger partial charge < -0.3 is 14.9 Å². The molecule has 6 heteroatoms. The van der Waals surface area contributed by atoms with Crippen LogP contribution in [0.2, 0.25) is 5.02 Å². The van der Waals surface area contributed by atoms with Crippen molar-refractivity contribution in [1.82, 2.24) is 9.88 Å². The van der Waals surface area contributed by atoms with Crippen LogP contribution in [0.1, 0.15) is 6.92 Å². The van der Waals surface area contributed by atoms with Crippen LogP contribution in [0.4, 0.5) is 5.82 Å². The van der Waals surface area contributed by atoms with Crippen molar-refractivity contribution in [3.05, 3.63) is 23.4 Å². The van der Waals surface area contributed by atoms with E-state index in [1.54, 1.807) is 23.2 Å². The molecule has 1 atom stereocenters. The zero-order valence-corrected chi connectivity index (χ0v) is 11.0. The van der Waals surface area contributed by atoms with Crippen molar-refractivity contribution in [2.24, 2.45) is 0 Å². The minimum atomic E-state index is -0.588. The largest absolute Gasteiger partial charge is 0.389 e. The molecule has 1 unspecified atom stereocenters. The van der Waals surface area contributed by atoms with Crippen LogP contribution < -0.4 is 4.90 Å². The predicted octanol–water partition coefficient (Wildman–Crippen LogP) is 0.764. The second-order valence-electron chi connectivity index (χ2n) is 4.37. The first kappa shape index (κ1) is 13.1. The Hall–Kier alpha value is -1.33. The number of pyridine rings is 1. The third kappa shape index (κ3) is 2.91. The van der Waals surface area contributed by atoms with Gasteiger partial charge in [-0.3, -0.25) is 4.79 Å². The topological polar surface area (TPSA) is 56.7 Å². The standard InChI is InChI=1S/C12H16ClN3O2/c1-9(17)15-5-6-16(8-10(18)7-15)12-11(13)3-2-4-14-12/h2-4,10,18H,5-8H2,1H3. The Morgan fingerprint density at radius 3 is 2.94 bits per heavy atom. The fourth-order valence-electron chi connectivity index (χ4n) is 2.08. The number of hydrogen-bond acceptors (Lipinski definition) is 4. The smallest absolute Gasteiger partial charge is 0.219 e. The van der Waals surface area contributed by atoms with Gasteiger partial charge in [-0.2, -0.15) is 0 Å². The monoisotopic (exact) mass is 269 g/mol. The van der Waals surface area contributed by atoms with Crippen LogP contribution >= 0.6 is 11.6 Å². The van der Waals surface area contributed by atoms with Gasteiger partial charge in [-0.25, -0.2) is 4.98 Å². The maximum absolute atomic E-state index is 11.4. The normalized spacial score (nSPS) is 20.7. The highest BCUT2D eigenvalue weighted by molar-refractivity contribution is 6.32. The molecule has 1 N–H and O–H groups in total. The lowest BCUT2D eigenvalue weighted by atomic mass is 10.3. The van der Waals surface area contributed by atoms with Gasteiger partial charge in [-0.15, -0.1) is 0 Å². The lowest BCUT2D eigenvalue weighted by Crippen LogP contribution is -2.36. The summed E-state index contributed by atoms with van der Waals surface area (Å²) in [6, 6.07) is 3.53. The van der Waals surface area contributed by atoms with Crippen LogP contribution in [-0.4, -0.2) is 53.2 Å². The van der Waals surface area contributed by atoms with Gasteiger partial charge in [0, 0.05) is 39.3 Å². The highest BCUT2D eigenvalue weighted by Gasteiger charge is 2.24. The summed E-state index contributed by atoms with van der Waals surface area (Å²) in [7, 11) is 0. The van der Waals surface area contributed by atoms with Gasteiger partial charge in [-0.05, 0) is 12.1 Å². The first-order valence-corrected chi connectivity index (χ1v) is 6.25. The number of rotatable bonds is 1. The number of carbonyl (C=O) groups is 1. The van der Waals surface area contributed by atoms with Crippen LogP contribution in [0.15, 0.2) is 18.3 Å².